The third kappa shape index (κ3) is 5.96. The molecule has 2 saturated heterocycles. The number of hydrogen-bond acceptors (Lipinski definition) is 6. The average Bonchev–Trinajstić information content (AvgIpc) is 3.46. The van der Waals surface area contributed by atoms with Gasteiger partial charge < -0.3 is 33.5 Å². The van der Waals surface area contributed by atoms with Gasteiger partial charge in [0.05, 0.1) is 32.7 Å². The van der Waals surface area contributed by atoms with E-state index in [2.05, 4.69) is 34.1 Å². The molecule has 0 radical (unpaired) electrons. The summed E-state index contributed by atoms with van der Waals surface area (Å²) in [4.78, 5) is 22.1. The van der Waals surface area contributed by atoms with Crippen LogP contribution in [0.25, 0.3) is 0 Å². The third-order valence-corrected chi connectivity index (χ3v) is 7.29. The van der Waals surface area contributed by atoms with Crippen molar-refractivity contribution < 1.29 is 19.0 Å². The van der Waals surface area contributed by atoms with Crippen molar-refractivity contribution in [3.8, 4) is 0 Å². The standard InChI is InChI=1S/C28H34ClN5O4/c1-31(2)27(35)34-15-13-33(14-16-34)23-9-7-22(8-10-23)17-36-24-18-37-28(38-19-24,20-32-12-11-30-21-32)25-5-3-4-6-26(25)29/h3-12,21,24H,13-20H2,1-2H3/t24-,28+. The summed E-state index contributed by atoms with van der Waals surface area (Å²) in [5.41, 5.74) is 3.02. The minimum atomic E-state index is -1.01. The van der Waals surface area contributed by atoms with Crippen molar-refractivity contribution in [2.75, 3.05) is 58.4 Å². The number of urea groups is 1. The second-order valence-electron chi connectivity index (χ2n) is 9.84. The molecule has 0 bridgehead atoms. The van der Waals surface area contributed by atoms with Crippen molar-refractivity contribution in [1.82, 2.24) is 19.4 Å². The van der Waals surface area contributed by atoms with Gasteiger partial charge in [0.25, 0.3) is 0 Å². The van der Waals surface area contributed by atoms with Crippen LogP contribution < -0.4 is 4.90 Å². The molecule has 2 aliphatic heterocycles. The quantitative estimate of drug-likeness (QED) is 0.454. The molecule has 10 heteroatoms. The van der Waals surface area contributed by atoms with Crippen molar-refractivity contribution >= 4 is 23.3 Å². The lowest BCUT2D eigenvalue weighted by molar-refractivity contribution is -0.313. The molecule has 3 heterocycles. The van der Waals surface area contributed by atoms with E-state index < -0.39 is 5.79 Å². The zero-order valence-electron chi connectivity index (χ0n) is 21.8. The van der Waals surface area contributed by atoms with Crippen LogP contribution in [0.2, 0.25) is 5.02 Å². The zero-order chi connectivity index (χ0) is 26.5. The Balaban J connectivity index is 1.14. The minimum absolute atomic E-state index is 0.0682. The Kier molecular flexibility index (Phi) is 8.18. The van der Waals surface area contributed by atoms with E-state index in [1.165, 1.54) is 0 Å². The van der Waals surface area contributed by atoms with Crippen LogP contribution >= 0.6 is 11.6 Å². The van der Waals surface area contributed by atoms with Crippen molar-refractivity contribution in [3.63, 3.8) is 0 Å². The molecule has 0 spiro atoms. The minimum Gasteiger partial charge on any atom is -0.369 e. The highest BCUT2D eigenvalue weighted by atomic mass is 35.5. The highest BCUT2D eigenvalue weighted by Gasteiger charge is 2.41. The topological polar surface area (TPSA) is 72.3 Å². The van der Waals surface area contributed by atoms with E-state index >= 15 is 0 Å². The van der Waals surface area contributed by atoms with Crippen molar-refractivity contribution in [3.05, 3.63) is 83.4 Å². The van der Waals surface area contributed by atoms with Gasteiger partial charge in [0.2, 0.25) is 5.79 Å². The number of amides is 2. The van der Waals surface area contributed by atoms with Gasteiger partial charge in [0, 0.05) is 68.9 Å². The molecule has 202 valence electrons. The van der Waals surface area contributed by atoms with Crippen LogP contribution in [-0.2, 0) is 33.1 Å². The Hall–Kier alpha value is -3.11. The summed E-state index contributed by atoms with van der Waals surface area (Å²) in [6.45, 7) is 4.74. The summed E-state index contributed by atoms with van der Waals surface area (Å²) in [6.07, 6.45) is 5.14. The molecular weight excluding hydrogens is 506 g/mol. The van der Waals surface area contributed by atoms with E-state index in [0.29, 0.717) is 31.4 Å². The summed E-state index contributed by atoms with van der Waals surface area (Å²) in [6, 6.07) is 16.1. The number of carbonyl (C=O) groups is 1. The number of anilines is 1. The highest BCUT2D eigenvalue weighted by Crippen LogP contribution is 2.37. The van der Waals surface area contributed by atoms with Crippen LogP contribution in [0.4, 0.5) is 10.5 Å². The molecule has 2 aliphatic rings. The SMILES string of the molecule is CN(C)C(=O)N1CCN(c2ccc(CO[C@H]3CO[C@@](Cn4ccnc4)(c4ccccc4Cl)OC3)cc2)CC1. The van der Waals surface area contributed by atoms with Gasteiger partial charge in [-0.05, 0) is 23.8 Å². The smallest absolute Gasteiger partial charge is 0.319 e. The number of piperazine rings is 1. The second-order valence-corrected chi connectivity index (χ2v) is 10.2. The Morgan fingerprint density at radius 3 is 2.42 bits per heavy atom. The van der Waals surface area contributed by atoms with Gasteiger partial charge in [-0.1, -0.05) is 41.9 Å². The van der Waals surface area contributed by atoms with E-state index in [1.807, 2.05) is 39.9 Å². The Morgan fingerprint density at radius 2 is 1.79 bits per heavy atom. The van der Waals surface area contributed by atoms with Gasteiger partial charge in [0.15, 0.2) is 0 Å². The number of aromatic nitrogens is 2. The first-order chi connectivity index (χ1) is 18.4. The molecule has 2 amide bonds. The summed E-state index contributed by atoms with van der Waals surface area (Å²) in [7, 11) is 3.58. The summed E-state index contributed by atoms with van der Waals surface area (Å²) in [5.74, 6) is -1.01. The Labute approximate surface area is 228 Å². The first kappa shape index (κ1) is 26.5. The van der Waals surface area contributed by atoms with Gasteiger partial charge in [-0.2, -0.15) is 0 Å². The predicted molar refractivity (Wildman–Crippen MR) is 145 cm³/mol. The predicted octanol–water partition coefficient (Wildman–Crippen LogP) is 3.83. The number of imidazole rings is 1. The summed E-state index contributed by atoms with van der Waals surface area (Å²) in [5, 5.41) is 0.595. The number of benzene rings is 2. The van der Waals surface area contributed by atoms with Gasteiger partial charge in [0.1, 0.15) is 6.10 Å². The molecule has 0 N–H and O–H groups in total. The lowest BCUT2D eigenvalue weighted by Gasteiger charge is -2.40. The van der Waals surface area contributed by atoms with Gasteiger partial charge in [-0.3, -0.25) is 0 Å². The van der Waals surface area contributed by atoms with E-state index in [9.17, 15) is 4.79 Å². The monoisotopic (exact) mass is 539 g/mol. The van der Waals surface area contributed by atoms with Crippen LogP contribution in [0, 0.1) is 0 Å². The molecule has 0 saturated carbocycles. The molecule has 0 unspecified atom stereocenters. The van der Waals surface area contributed by atoms with E-state index in [-0.39, 0.29) is 12.1 Å². The number of hydrogen-bond donors (Lipinski definition) is 0. The fourth-order valence-corrected chi connectivity index (χ4v) is 5.10. The van der Waals surface area contributed by atoms with Crippen molar-refractivity contribution in [1.29, 1.82) is 0 Å². The van der Waals surface area contributed by atoms with Crippen LogP contribution in [-0.4, -0.2) is 85.0 Å². The van der Waals surface area contributed by atoms with Crippen LogP contribution in [0.5, 0.6) is 0 Å². The molecule has 9 nitrogen and oxygen atoms in total. The number of ether oxygens (including phenoxy) is 3. The molecule has 2 aromatic carbocycles. The number of halogens is 1. The maximum absolute atomic E-state index is 12.2. The third-order valence-electron chi connectivity index (χ3n) is 6.96. The van der Waals surface area contributed by atoms with Crippen LogP contribution in [0.3, 0.4) is 0 Å². The molecular formula is C28H34ClN5O4. The molecule has 3 aromatic rings. The number of rotatable bonds is 7. The van der Waals surface area contributed by atoms with Gasteiger partial charge in [-0.15, -0.1) is 0 Å². The fraction of sp³-hybridized carbons (Fsp3) is 0.429. The van der Waals surface area contributed by atoms with Crippen molar-refractivity contribution in [2.45, 2.75) is 25.0 Å². The fourth-order valence-electron chi connectivity index (χ4n) is 4.82. The van der Waals surface area contributed by atoms with Crippen LogP contribution in [0.15, 0.2) is 67.3 Å². The molecule has 38 heavy (non-hydrogen) atoms. The Bertz CT molecular complexity index is 1190. The Morgan fingerprint density at radius 1 is 1.08 bits per heavy atom. The number of carbonyl (C=O) groups excluding carboxylic acids is 1. The first-order valence-electron chi connectivity index (χ1n) is 12.8. The summed E-state index contributed by atoms with van der Waals surface area (Å²) < 4.78 is 20.7. The highest BCUT2D eigenvalue weighted by molar-refractivity contribution is 6.31. The number of nitrogens with zero attached hydrogens (tertiary/aromatic N) is 5. The maximum Gasteiger partial charge on any atom is 0.319 e. The molecule has 0 aliphatic carbocycles. The first-order valence-corrected chi connectivity index (χ1v) is 13.2. The van der Waals surface area contributed by atoms with Crippen molar-refractivity contribution in [2.24, 2.45) is 0 Å². The molecule has 1 aromatic heterocycles. The maximum atomic E-state index is 12.2. The summed E-state index contributed by atoms with van der Waals surface area (Å²) >= 11 is 6.53. The molecule has 0 atom stereocenters. The normalized spacial score (nSPS) is 21.9. The van der Waals surface area contributed by atoms with Crippen LogP contribution in [0.1, 0.15) is 11.1 Å². The van der Waals surface area contributed by atoms with Gasteiger partial charge in [-0.25, -0.2) is 9.78 Å². The second kappa shape index (κ2) is 11.7. The zero-order valence-corrected chi connectivity index (χ0v) is 22.6. The average molecular weight is 540 g/mol. The van der Waals surface area contributed by atoms with E-state index in [4.69, 9.17) is 25.8 Å². The molecule has 2 fully saturated rings. The lowest BCUT2D eigenvalue weighted by atomic mass is 10.0. The van der Waals surface area contributed by atoms with E-state index in [1.54, 1.807) is 31.5 Å². The van der Waals surface area contributed by atoms with Gasteiger partial charge >= 0.3 is 6.03 Å². The lowest BCUT2D eigenvalue weighted by Crippen LogP contribution is -2.51. The van der Waals surface area contributed by atoms with E-state index in [0.717, 1.165) is 43.0 Å². The largest absolute Gasteiger partial charge is 0.369 e. The molecule has 5 rings (SSSR count).